The third kappa shape index (κ3) is 4.03. The van der Waals surface area contributed by atoms with Gasteiger partial charge in [-0.25, -0.2) is 10.1 Å². The number of aryl methyl sites for hydroxylation is 2. The van der Waals surface area contributed by atoms with Crippen molar-refractivity contribution in [3.05, 3.63) is 77.6 Å². The largest absolute Gasteiger partial charge is 0.360 e. The highest BCUT2D eigenvalue weighted by molar-refractivity contribution is 6.48. The Morgan fingerprint density at radius 3 is 2.68 bits per heavy atom. The van der Waals surface area contributed by atoms with Crippen molar-refractivity contribution in [2.75, 3.05) is 16.9 Å². The second kappa shape index (κ2) is 8.87. The fourth-order valence-corrected chi connectivity index (χ4v) is 4.91. The minimum absolute atomic E-state index is 0.142. The number of aromatic amines is 1. The number of aromatic nitrogens is 3. The standard InChI is InChI=1S/C26H26N8O3/c1-14-7-9-16(10-8-14)33-23-19(13-28-33)24(36)31-26(30-23)34-21(11-15(2)32-34)29-25(37)22(35)18-12-27-20-6-4-3-5-17(18)20/h3-12,19,23,26-28,30H,13H2,1-2H3,(H,29,37)(H,31,36). The Morgan fingerprint density at radius 1 is 1.08 bits per heavy atom. The number of Topliss-reactive ketones (excluding diaryl/α,β-unsaturated/α-hetero) is 1. The van der Waals surface area contributed by atoms with Crippen LogP contribution in [0.1, 0.15) is 27.9 Å². The molecule has 2 aromatic carbocycles. The maximum Gasteiger partial charge on any atom is 0.297 e. The summed E-state index contributed by atoms with van der Waals surface area (Å²) in [4.78, 5) is 42.0. The Hall–Kier alpha value is -4.48. The molecule has 2 fully saturated rings. The van der Waals surface area contributed by atoms with Gasteiger partial charge in [-0.1, -0.05) is 35.9 Å². The van der Waals surface area contributed by atoms with E-state index >= 15 is 0 Å². The van der Waals surface area contributed by atoms with E-state index < -0.39 is 18.0 Å². The first-order chi connectivity index (χ1) is 17.9. The summed E-state index contributed by atoms with van der Waals surface area (Å²) >= 11 is 0. The summed E-state index contributed by atoms with van der Waals surface area (Å²) in [6, 6.07) is 17.0. The lowest BCUT2D eigenvalue weighted by Gasteiger charge is -2.37. The van der Waals surface area contributed by atoms with Gasteiger partial charge in [0.15, 0.2) is 6.29 Å². The lowest BCUT2D eigenvalue weighted by Crippen LogP contribution is -2.61. The molecule has 0 radical (unpaired) electrons. The summed E-state index contributed by atoms with van der Waals surface area (Å²) in [5.74, 6) is -1.64. The van der Waals surface area contributed by atoms with E-state index in [0.717, 1.165) is 16.8 Å². The molecule has 5 N–H and O–H groups in total. The number of nitrogens with zero attached hydrogens (tertiary/aromatic N) is 3. The Kier molecular flexibility index (Phi) is 5.50. The van der Waals surface area contributed by atoms with E-state index in [2.05, 4.69) is 31.5 Å². The molecule has 4 heterocycles. The van der Waals surface area contributed by atoms with Crippen LogP contribution in [-0.2, 0) is 9.59 Å². The number of hydrogen-bond donors (Lipinski definition) is 5. The molecule has 3 unspecified atom stereocenters. The van der Waals surface area contributed by atoms with Crippen LogP contribution >= 0.6 is 0 Å². The van der Waals surface area contributed by atoms with Gasteiger partial charge in [0.1, 0.15) is 12.0 Å². The Morgan fingerprint density at radius 2 is 1.86 bits per heavy atom. The highest BCUT2D eigenvalue weighted by atomic mass is 16.2. The van der Waals surface area contributed by atoms with E-state index in [9.17, 15) is 14.4 Å². The predicted molar refractivity (Wildman–Crippen MR) is 137 cm³/mol. The number of hydrogen-bond acceptors (Lipinski definition) is 7. The first-order valence-electron chi connectivity index (χ1n) is 12.0. The van der Waals surface area contributed by atoms with Crippen LogP contribution in [0.2, 0.25) is 0 Å². The van der Waals surface area contributed by atoms with Gasteiger partial charge in [0.25, 0.3) is 11.7 Å². The predicted octanol–water partition coefficient (Wildman–Crippen LogP) is 1.95. The number of anilines is 2. The second-order valence-corrected chi connectivity index (χ2v) is 9.34. The van der Waals surface area contributed by atoms with Crippen molar-refractivity contribution in [3.8, 4) is 0 Å². The van der Waals surface area contributed by atoms with Crippen molar-refractivity contribution in [3.63, 3.8) is 0 Å². The molecular weight excluding hydrogens is 472 g/mol. The molecule has 0 saturated carbocycles. The summed E-state index contributed by atoms with van der Waals surface area (Å²) in [6.07, 6.45) is 0.446. The molecule has 3 atom stereocenters. The van der Waals surface area contributed by atoms with Crippen LogP contribution in [0, 0.1) is 19.8 Å². The number of carbonyl (C=O) groups is 3. The molecule has 0 bridgehead atoms. The average molecular weight is 499 g/mol. The molecule has 6 rings (SSSR count). The number of benzene rings is 2. The van der Waals surface area contributed by atoms with E-state index in [0.29, 0.717) is 23.4 Å². The first kappa shape index (κ1) is 23.0. The zero-order valence-corrected chi connectivity index (χ0v) is 20.3. The van der Waals surface area contributed by atoms with E-state index in [1.807, 2.05) is 54.4 Å². The summed E-state index contributed by atoms with van der Waals surface area (Å²) in [5, 5.41) is 16.1. The van der Waals surface area contributed by atoms with E-state index in [-0.39, 0.29) is 23.6 Å². The van der Waals surface area contributed by atoms with Crippen molar-refractivity contribution < 1.29 is 14.4 Å². The van der Waals surface area contributed by atoms with Crippen molar-refractivity contribution in [1.82, 2.24) is 30.8 Å². The van der Waals surface area contributed by atoms with Gasteiger partial charge in [-0.15, -0.1) is 0 Å². The van der Waals surface area contributed by atoms with Gasteiger partial charge in [0.05, 0.1) is 22.9 Å². The van der Waals surface area contributed by atoms with Gasteiger partial charge in [0, 0.05) is 29.7 Å². The maximum atomic E-state index is 13.0. The zero-order valence-electron chi connectivity index (χ0n) is 20.3. The van der Waals surface area contributed by atoms with Gasteiger partial charge in [-0.2, -0.15) is 5.10 Å². The van der Waals surface area contributed by atoms with Crippen LogP contribution in [0.25, 0.3) is 10.9 Å². The molecule has 188 valence electrons. The van der Waals surface area contributed by atoms with Crippen molar-refractivity contribution in [1.29, 1.82) is 0 Å². The average Bonchev–Trinajstić information content (AvgIpc) is 3.61. The topological polar surface area (TPSA) is 136 Å². The molecular formula is C26H26N8O3. The monoisotopic (exact) mass is 498 g/mol. The number of ketones is 1. The van der Waals surface area contributed by atoms with Crippen LogP contribution in [-0.4, -0.2) is 45.1 Å². The Bertz CT molecular complexity index is 1520. The van der Waals surface area contributed by atoms with Crippen LogP contribution in [0.5, 0.6) is 0 Å². The minimum atomic E-state index is -0.797. The summed E-state index contributed by atoms with van der Waals surface area (Å²) in [5.41, 5.74) is 7.04. The fourth-order valence-electron chi connectivity index (χ4n) is 4.91. The van der Waals surface area contributed by atoms with Crippen molar-refractivity contribution in [2.24, 2.45) is 5.92 Å². The fraction of sp³-hybridized carbons (Fsp3) is 0.231. The molecule has 11 heteroatoms. The molecule has 2 aromatic heterocycles. The van der Waals surface area contributed by atoms with Gasteiger partial charge in [-0.05, 0) is 32.0 Å². The third-order valence-corrected chi connectivity index (χ3v) is 6.78. The van der Waals surface area contributed by atoms with Gasteiger partial charge in [-0.3, -0.25) is 24.7 Å². The zero-order chi connectivity index (χ0) is 25.7. The highest BCUT2D eigenvalue weighted by Crippen LogP contribution is 2.28. The summed E-state index contributed by atoms with van der Waals surface area (Å²) in [6.45, 7) is 4.27. The van der Waals surface area contributed by atoms with E-state index in [4.69, 9.17) is 0 Å². The first-order valence-corrected chi connectivity index (χ1v) is 12.0. The maximum absolute atomic E-state index is 13.0. The third-order valence-electron chi connectivity index (χ3n) is 6.78. The number of amides is 2. The van der Waals surface area contributed by atoms with Gasteiger partial charge in [0.2, 0.25) is 5.91 Å². The number of fused-ring (bicyclic) bond motifs is 2. The second-order valence-electron chi connectivity index (χ2n) is 9.34. The van der Waals surface area contributed by atoms with Crippen molar-refractivity contribution in [2.45, 2.75) is 26.3 Å². The van der Waals surface area contributed by atoms with Crippen LogP contribution in [0.15, 0.2) is 60.8 Å². The number of nitrogens with one attached hydrogen (secondary N) is 5. The van der Waals surface area contributed by atoms with Crippen LogP contribution in [0.3, 0.4) is 0 Å². The number of H-pyrrole nitrogens is 1. The summed E-state index contributed by atoms with van der Waals surface area (Å²) < 4.78 is 1.48. The van der Waals surface area contributed by atoms with Gasteiger partial charge < -0.3 is 15.6 Å². The molecule has 4 aromatic rings. The molecule has 37 heavy (non-hydrogen) atoms. The van der Waals surface area contributed by atoms with Crippen molar-refractivity contribution >= 4 is 40.0 Å². The number of rotatable bonds is 5. The van der Waals surface area contributed by atoms with Crippen LogP contribution < -0.4 is 26.4 Å². The minimum Gasteiger partial charge on any atom is -0.360 e. The Labute approximate surface area is 212 Å². The number of para-hydroxylation sites is 1. The molecule has 0 aliphatic carbocycles. The molecule has 2 aliphatic rings. The van der Waals surface area contributed by atoms with E-state index in [1.165, 1.54) is 10.9 Å². The highest BCUT2D eigenvalue weighted by Gasteiger charge is 2.45. The molecule has 2 saturated heterocycles. The summed E-state index contributed by atoms with van der Waals surface area (Å²) in [7, 11) is 0. The molecule has 2 amide bonds. The molecule has 11 nitrogen and oxygen atoms in total. The quantitative estimate of drug-likeness (QED) is 0.210. The lowest BCUT2D eigenvalue weighted by molar-refractivity contribution is -0.129. The molecule has 2 aliphatic heterocycles. The van der Waals surface area contributed by atoms with E-state index in [1.54, 1.807) is 19.1 Å². The SMILES string of the molecule is Cc1ccc(N2NCC3C(=O)NC(n4nc(C)cc4NC(=O)C(=O)c4c[nH]c5ccccc45)NC32)cc1. The number of carbonyl (C=O) groups excluding carboxylic acids is 3. The molecule has 0 spiro atoms. The smallest absolute Gasteiger partial charge is 0.297 e. The van der Waals surface area contributed by atoms with Gasteiger partial charge >= 0.3 is 0 Å². The Balaban J connectivity index is 1.24. The normalized spacial score (nSPS) is 21.1. The van der Waals surface area contributed by atoms with Crippen LogP contribution in [0.4, 0.5) is 11.5 Å². The number of hydrazine groups is 1. The lowest BCUT2D eigenvalue weighted by atomic mass is 10.0.